The molecule has 1 fully saturated rings. The number of ether oxygens (including phenoxy) is 2. The van der Waals surface area contributed by atoms with E-state index in [2.05, 4.69) is 16.1 Å². The number of halogens is 6. The molecule has 1 aliphatic rings. The number of alkyl halides is 6. The zero-order chi connectivity index (χ0) is 15.8. The van der Waals surface area contributed by atoms with E-state index < -0.39 is 49.2 Å². The van der Waals surface area contributed by atoms with Gasteiger partial charge >= 0.3 is 18.3 Å². The van der Waals surface area contributed by atoms with Crippen molar-refractivity contribution in [3.63, 3.8) is 0 Å². The normalized spacial score (nSPS) is 31.8. The number of carbonyl (C=O) groups is 1. The number of hydrogen-bond donors (Lipinski definition) is 1. The summed E-state index contributed by atoms with van der Waals surface area (Å²) in [4.78, 5) is 10.9. The van der Waals surface area contributed by atoms with E-state index in [1.54, 1.807) is 0 Å². The minimum atomic E-state index is -5.47. The highest BCUT2D eigenvalue weighted by Crippen LogP contribution is 2.49. The molecule has 0 aromatic heterocycles. The van der Waals surface area contributed by atoms with E-state index >= 15 is 0 Å². The fraction of sp³-hybridized carbons (Fsp3) is 0.700. The first-order valence-corrected chi connectivity index (χ1v) is 5.22. The van der Waals surface area contributed by atoms with Crippen LogP contribution in [0.1, 0.15) is 12.8 Å². The Balaban J connectivity index is 3.19. The first-order valence-electron chi connectivity index (χ1n) is 5.22. The van der Waals surface area contributed by atoms with Crippen LogP contribution in [0.3, 0.4) is 0 Å². The monoisotopic (exact) mass is 308 g/mol. The second-order valence-corrected chi connectivity index (χ2v) is 4.17. The number of rotatable bonds is 2. The average molecular weight is 308 g/mol. The Morgan fingerprint density at radius 3 is 2.20 bits per heavy atom. The molecule has 4 nitrogen and oxygen atoms in total. The number of aliphatic hydroxyl groups is 1. The zero-order valence-electron chi connectivity index (χ0n) is 9.85. The first kappa shape index (κ1) is 16.8. The molecule has 2 atom stereocenters. The molecule has 0 spiro atoms. The van der Waals surface area contributed by atoms with Gasteiger partial charge in [-0.1, -0.05) is 6.58 Å². The molecule has 0 aliphatic carbocycles. The van der Waals surface area contributed by atoms with E-state index in [1.807, 2.05) is 0 Å². The van der Waals surface area contributed by atoms with Gasteiger partial charge in [-0.2, -0.15) is 26.3 Å². The number of hydrogen-bond acceptors (Lipinski definition) is 4. The van der Waals surface area contributed by atoms with E-state index in [0.717, 1.165) is 0 Å². The van der Waals surface area contributed by atoms with Crippen LogP contribution in [0.2, 0.25) is 0 Å². The molecule has 0 radical (unpaired) electrons. The minimum Gasteiger partial charge on any atom is -0.446 e. The highest BCUT2D eigenvalue weighted by atomic mass is 19.4. The standard InChI is InChI=1S/C10H10F6O4/c1-2-6(17)20-7(9(11,12)13)3-4-19-8(18,5-7)10(14,15)16/h2,18H,1,3-5H2. The first-order chi connectivity index (χ1) is 8.87. The Hall–Kier alpha value is -1.29. The Kier molecular flexibility index (Phi) is 4.12. The molecule has 0 aromatic rings. The van der Waals surface area contributed by atoms with Gasteiger partial charge in [-0.15, -0.1) is 0 Å². The summed E-state index contributed by atoms with van der Waals surface area (Å²) in [5.74, 6) is -5.59. The fourth-order valence-electron chi connectivity index (χ4n) is 1.71. The predicted octanol–water partition coefficient (Wildman–Crippen LogP) is 2.08. The third-order valence-corrected chi connectivity index (χ3v) is 2.79. The van der Waals surface area contributed by atoms with Crippen molar-refractivity contribution < 1.29 is 45.7 Å². The summed E-state index contributed by atoms with van der Waals surface area (Å²) < 4.78 is 84.7. The zero-order valence-corrected chi connectivity index (χ0v) is 9.85. The fourth-order valence-corrected chi connectivity index (χ4v) is 1.71. The van der Waals surface area contributed by atoms with Crippen LogP contribution in [0.15, 0.2) is 12.7 Å². The van der Waals surface area contributed by atoms with Gasteiger partial charge in [-0.05, 0) is 0 Å². The molecule has 20 heavy (non-hydrogen) atoms. The van der Waals surface area contributed by atoms with Crippen LogP contribution >= 0.6 is 0 Å². The topological polar surface area (TPSA) is 55.8 Å². The van der Waals surface area contributed by atoms with E-state index in [1.165, 1.54) is 0 Å². The molecule has 0 amide bonds. The summed E-state index contributed by atoms with van der Waals surface area (Å²) in [5, 5.41) is 9.23. The lowest BCUT2D eigenvalue weighted by atomic mass is 9.87. The molecule has 2 unspecified atom stereocenters. The van der Waals surface area contributed by atoms with Crippen LogP contribution in [-0.2, 0) is 14.3 Å². The Bertz CT molecular complexity index is 404. The van der Waals surface area contributed by atoms with E-state index in [-0.39, 0.29) is 0 Å². The molecule has 1 aliphatic heterocycles. The van der Waals surface area contributed by atoms with Crippen LogP contribution in [0, 0.1) is 0 Å². The van der Waals surface area contributed by atoms with E-state index in [9.17, 15) is 36.2 Å². The molecule has 0 saturated carbocycles. The van der Waals surface area contributed by atoms with Gasteiger partial charge in [0.1, 0.15) is 0 Å². The maximum Gasteiger partial charge on any atom is 0.443 e. The number of carbonyl (C=O) groups excluding carboxylic acids is 1. The van der Waals surface area contributed by atoms with Gasteiger partial charge in [0.15, 0.2) is 0 Å². The average Bonchev–Trinajstić information content (AvgIpc) is 2.26. The SMILES string of the molecule is C=CC(=O)OC1(C(F)(F)F)CCOC(O)(C(F)(F)F)C1. The van der Waals surface area contributed by atoms with Crippen molar-refractivity contribution >= 4 is 5.97 Å². The van der Waals surface area contributed by atoms with Gasteiger partial charge in [0.25, 0.3) is 5.79 Å². The van der Waals surface area contributed by atoms with Gasteiger partial charge in [0, 0.05) is 12.5 Å². The highest BCUT2D eigenvalue weighted by molar-refractivity contribution is 5.81. The van der Waals surface area contributed by atoms with Crippen molar-refractivity contribution in [2.24, 2.45) is 0 Å². The van der Waals surface area contributed by atoms with Crippen molar-refractivity contribution in [2.45, 2.75) is 36.6 Å². The molecular formula is C10H10F6O4. The van der Waals surface area contributed by atoms with Crippen LogP contribution in [0.5, 0.6) is 0 Å². The molecule has 10 heteroatoms. The van der Waals surface area contributed by atoms with Gasteiger partial charge in [0.2, 0.25) is 5.60 Å². The summed E-state index contributed by atoms with van der Waals surface area (Å²) in [6.07, 6.45) is -13.4. The van der Waals surface area contributed by atoms with E-state index in [4.69, 9.17) is 0 Å². The Morgan fingerprint density at radius 1 is 1.25 bits per heavy atom. The van der Waals surface area contributed by atoms with Gasteiger partial charge in [-0.25, -0.2) is 4.79 Å². The summed E-state index contributed by atoms with van der Waals surface area (Å²) in [6.45, 7) is 1.78. The van der Waals surface area contributed by atoms with E-state index in [0.29, 0.717) is 6.08 Å². The minimum absolute atomic E-state index is 0.385. The van der Waals surface area contributed by atoms with Gasteiger partial charge < -0.3 is 14.6 Å². The van der Waals surface area contributed by atoms with Crippen molar-refractivity contribution in [1.29, 1.82) is 0 Å². The van der Waals surface area contributed by atoms with Gasteiger partial charge in [0.05, 0.1) is 13.0 Å². The van der Waals surface area contributed by atoms with Crippen molar-refractivity contribution in [2.75, 3.05) is 6.61 Å². The molecule has 1 saturated heterocycles. The smallest absolute Gasteiger partial charge is 0.443 e. The second kappa shape index (κ2) is 4.92. The summed E-state index contributed by atoms with van der Waals surface area (Å²) in [6, 6.07) is 0. The molecule has 0 aromatic carbocycles. The molecule has 1 heterocycles. The lowest BCUT2D eigenvalue weighted by Gasteiger charge is -2.44. The molecule has 116 valence electrons. The van der Waals surface area contributed by atoms with Crippen LogP contribution in [0.25, 0.3) is 0 Å². The largest absolute Gasteiger partial charge is 0.446 e. The van der Waals surface area contributed by atoms with Crippen LogP contribution in [-0.4, -0.2) is 41.4 Å². The molecule has 1 rings (SSSR count). The molecule has 0 bridgehead atoms. The highest BCUT2D eigenvalue weighted by Gasteiger charge is 2.69. The third kappa shape index (κ3) is 2.90. The van der Waals surface area contributed by atoms with Gasteiger partial charge in [-0.3, -0.25) is 0 Å². The quantitative estimate of drug-likeness (QED) is 0.482. The Labute approximate surface area is 109 Å². The maximum atomic E-state index is 13.0. The summed E-state index contributed by atoms with van der Waals surface area (Å²) >= 11 is 0. The molecule has 1 N–H and O–H groups in total. The number of esters is 1. The third-order valence-electron chi connectivity index (χ3n) is 2.79. The van der Waals surface area contributed by atoms with Crippen molar-refractivity contribution in [3.05, 3.63) is 12.7 Å². The van der Waals surface area contributed by atoms with Crippen LogP contribution in [0.4, 0.5) is 26.3 Å². The summed E-state index contributed by atoms with van der Waals surface area (Å²) in [7, 11) is 0. The van der Waals surface area contributed by atoms with Crippen molar-refractivity contribution in [3.8, 4) is 0 Å². The van der Waals surface area contributed by atoms with Crippen LogP contribution < -0.4 is 0 Å². The summed E-state index contributed by atoms with van der Waals surface area (Å²) in [5.41, 5.74) is -3.49. The predicted molar refractivity (Wildman–Crippen MR) is 51.3 cm³/mol. The Morgan fingerprint density at radius 2 is 1.80 bits per heavy atom. The molecular weight excluding hydrogens is 298 g/mol. The maximum absolute atomic E-state index is 13.0. The lowest BCUT2D eigenvalue weighted by molar-refractivity contribution is -0.413. The lowest BCUT2D eigenvalue weighted by Crippen LogP contribution is -2.63. The van der Waals surface area contributed by atoms with Crippen molar-refractivity contribution in [1.82, 2.24) is 0 Å². The second-order valence-electron chi connectivity index (χ2n) is 4.17.